The van der Waals surface area contributed by atoms with Gasteiger partial charge in [0.2, 0.25) is 0 Å². The number of benzene rings is 2. The maximum atomic E-state index is 12.2. The average Bonchev–Trinajstić information content (AvgIpc) is 2.76. The van der Waals surface area contributed by atoms with Crippen molar-refractivity contribution in [3.8, 4) is 17.2 Å². The fraction of sp³-hybridized carbons (Fsp3) is 0.500. The van der Waals surface area contributed by atoms with Gasteiger partial charge in [-0.05, 0) is 66.9 Å². The maximum Gasteiger partial charge on any atom is 0.407 e. The first-order valence-electron chi connectivity index (χ1n) is 11.8. The lowest BCUT2D eigenvalue weighted by atomic mass is 10.0. The number of rotatable bonds is 9. The van der Waals surface area contributed by atoms with Crippen molar-refractivity contribution in [3.63, 3.8) is 0 Å². The third-order valence-corrected chi connectivity index (χ3v) is 11.2. The summed E-state index contributed by atoms with van der Waals surface area (Å²) in [6.07, 6.45) is -0.289. The standard InChI is InChI=1S/C26H37NO6Si/c1-26(2,3)34(4,5)33-23(18-31-21-9-7-6-8-10-21)17-27(25(29)30)16-22-13-11-19-15-20(28)12-14-24(19)32-22/h6-10,12,14-15,22-23,28H,11,13,16-18H2,1-5H3,(H,29,30)/t22-,23+/m1/s1. The van der Waals surface area contributed by atoms with Crippen LogP contribution in [0.2, 0.25) is 18.1 Å². The lowest BCUT2D eigenvalue weighted by Crippen LogP contribution is -2.51. The summed E-state index contributed by atoms with van der Waals surface area (Å²) in [6, 6.07) is 14.5. The van der Waals surface area contributed by atoms with Crippen LogP contribution in [0, 0.1) is 0 Å². The highest BCUT2D eigenvalue weighted by molar-refractivity contribution is 6.74. The van der Waals surface area contributed by atoms with Crippen LogP contribution in [0.15, 0.2) is 48.5 Å². The van der Waals surface area contributed by atoms with E-state index in [1.54, 1.807) is 18.2 Å². The van der Waals surface area contributed by atoms with Gasteiger partial charge in [0.15, 0.2) is 8.32 Å². The zero-order chi connectivity index (χ0) is 24.9. The van der Waals surface area contributed by atoms with Crippen molar-refractivity contribution in [2.75, 3.05) is 19.7 Å². The first kappa shape index (κ1) is 25.9. The first-order valence-corrected chi connectivity index (χ1v) is 14.7. The van der Waals surface area contributed by atoms with Crippen LogP contribution in [0.5, 0.6) is 17.2 Å². The van der Waals surface area contributed by atoms with E-state index in [1.807, 2.05) is 30.3 Å². The molecule has 0 saturated carbocycles. The number of para-hydroxylation sites is 1. The molecule has 2 aromatic rings. The third-order valence-electron chi connectivity index (χ3n) is 6.64. The summed E-state index contributed by atoms with van der Waals surface area (Å²) < 4.78 is 18.6. The van der Waals surface area contributed by atoms with Crippen LogP contribution in [0.4, 0.5) is 4.79 Å². The topological polar surface area (TPSA) is 88.5 Å². The number of hydrogen-bond acceptors (Lipinski definition) is 5. The number of nitrogens with zero attached hydrogens (tertiary/aromatic N) is 1. The smallest absolute Gasteiger partial charge is 0.407 e. The van der Waals surface area contributed by atoms with Crippen molar-refractivity contribution in [1.29, 1.82) is 0 Å². The van der Waals surface area contributed by atoms with Crippen molar-refractivity contribution in [2.24, 2.45) is 0 Å². The predicted octanol–water partition coefficient (Wildman–Crippen LogP) is 5.54. The minimum Gasteiger partial charge on any atom is -0.508 e. The van der Waals surface area contributed by atoms with Crippen LogP contribution in [-0.2, 0) is 10.8 Å². The molecule has 1 heterocycles. The van der Waals surface area contributed by atoms with Crippen LogP contribution in [-0.4, -0.2) is 61.4 Å². The number of aromatic hydroxyl groups is 1. The van der Waals surface area contributed by atoms with E-state index in [9.17, 15) is 15.0 Å². The Morgan fingerprint density at radius 2 is 1.91 bits per heavy atom. The van der Waals surface area contributed by atoms with Crippen LogP contribution < -0.4 is 9.47 Å². The largest absolute Gasteiger partial charge is 0.508 e. The van der Waals surface area contributed by atoms with Crippen molar-refractivity contribution < 1.29 is 28.9 Å². The summed E-state index contributed by atoms with van der Waals surface area (Å²) in [5.74, 6) is 1.63. The van der Waals surface area contributed by atoms with E-state index in [0.29, 0.717) is 12.2 Å². The Morgan fingerprint density at radius 3 is 2.56 bits per heavy atom. The number of hydrogen-bond donors (Lipinski definition) is 2. The number of ether oxygens (including phenoxy) is 2. The fourth-order valence-corrected chi connectivity index (χ4v) is 5.03. The molecular weight excluding hydrogens is 450 g/mol. The molecule has 0 spiro atoms. The zero-order valence-electron chi connectivity index (χ0n) is 20.8. The molecule has 1 amide bonds. The quantitative estimate of drug-likeness (QED) is 0.452. The van der Waals surface area contributed by atoms with Gasteiger partial charge in [-0.1, -0.05) is 39.0 Å². The monoisotopic (exact) mass is 487 g/mol. The van der Waals surface area contributed by atoms with Gasteiger partial charge in [0.1, 0.15) is 30.0 Å². The molecule has 2 aromatic carbocycles. The minimum absolute atomic E-state index is 0.0200. The Hall–Kier alpha value is -2.71. The van der Waals surface area contributed by atoms with E-state index < -0.39 is 20.5 Å². The second kappa shape index (κ2) is 10.7. The van der Waals surface area contributed by atoms with E-state index in [0.717, 1.165) is 17.7 Å². The summed E-state index contributed by atoms with van der Waals surface area (Å²) in [6.45, 7) is 11.5. The molecule has 1 aliphatic rings. The van der Waals surface area contributed by atoms with E-state index >= 15 is 0 Å². The minimum atomic E-state index is -2.17. The lowest BCUT2D eigenvalue weighted by Gasteiger charge is -2.40. The van der Waals surface area contributed by atoms with Crippen molar-refractivity contribution >= 4 is 14.4 Å². The molecule has 0 aliphatic carbocycles. The number of phenolic OH excluding ortho intramolecular Hbond substituents is 1. The van der Waals surface area contributed by atoms with Gasteiger partial charge >= 0.3 is 6.09 Å². The Bertz CT molecular complexity index is 960. The number of fused-ring (bicyclic) bond motifs is 1. The molecule has 0 radical (unpaired) electrons. The molecule has 0 fully saturated rings. The Balaban J connectivity index is 1.71. The van der Waals surface area contributed by atoms with Crippen LogP contribution in [0.25, 0.3) is 0 Å². The van der Waals surface area contributed by atoms with Crippen molar-refractivity contribution in [2.45, 2.75) is 64.0 Å². The molecule has 34 heavy (non-hydrogen) atoms. The molecule has 2 N–H and O–H groups in total. The van der Waals surface area contributed by atoms with Gasteiger partial charge < -0.3 is 29.0 Å². The summed E-state index contributed by atoms with van der Waals surface area (Å²) in [5.41, 5.74) is 0.938. The van der Waals surface area contributed by atoms with Gasteiger partial charge in [-0.2, -0.15) is 0 Å². The SMILES string of the molecule is CC(C)(C)[Si](C)(C)O[C@H](COc1ccccc1)CN(C[C@H]1CCc2cc(O)ccc2O1)C(=O)O. The van der Waals surface area contributed by atoms with E-state index in [-0.39, 0.29) is 36.6 Å². The summed E-state index contributed by atoms with van der Waals surface area (Å²) in [4.78, 5) is 13.6. The first-order chi connectivity index (χ1) is 15.9. The van der Waals surface area contributed by atoms with Gasteiger partial charge in [-0.15, -0.1) is 0 Å². The highest BCUT2D eigenvalue weighted by Gasteiger charge is 2.40. The van der Waals surface area contributed by atoms with Crippen LogP contribution in [0.3, 0.4) is 0 Å². The van der Waals surface area contributed by atoms with Crippen molar-refractivity contribution in [1.82, 2.24) is 4.90 Å². The second-order valence-corrected chi connectivity index (χ2v) is 15.1. The molecular formula is C26H37NO6Si. The molecule has 2 atom stereocenters. The number of amides is 1. The van der Waals surface area contributed by atoms with Gasteiger partial charge in [-0.25, -0.2) is 4.79 Å². The van der Waals surface area contributed by atoms with Gasteiger partial charge in [0.25, 0.3) is 0 Å². The Kier molecular flexibility index (Phi) is 8.15. The maximum absolute atomic E-state index is 12.2. The van der Waals surface area contributed by atoms with E-state index in [2.05, 4.69) is 33.9 Å². The summed E-state index contributed by atoms with van der Waals surface area (Å²) in [7, 11) is -2.17. The molecule has 0 bridgehead atoms. The molecule has 0 aromatic heterocycles. The normalized spacial score (nSPS) is 16.8. The second-order valence-electron chi connectivity index (χ2n) is 10.4. The fourth-order valence-electron chi connectivity index (χ4n) is 3.71. The molecule has 7 nitrogen and oxygen atoms in total. The molecule has 0 unspecified atom stereocenters. The van der Waals surface area contributed by atoms with Crippen molar-refractivity contribution in [3.05, 3.63) is 54.1 Å². The molecule has 8 heteroatoms. The summed E-state index contributed by atoms with van der Waals surface area (Å²) >= 11 is 0. The van der Waals surface area contributed by atoms with Crippen LogP contribution in [0.1, 0.15) is 32.8 Å². The number of phenols is 1. The molecule has 0 saturated heterocycles. The van der Waals surface area contributed by atoms with Crippen LogP contribution >= 0.6 is 0 Å². The van der Waals surface area contributed by atoms with E-state index in [4.69, 9.17) is 13.9 Å². The molecule has 186 valence electrons. The highest BCUT2D eigenvalue weighted by atomic mass is 28.4. The summed E-state index contributed by atoms with van der Waals surface area (Å²) in [5, 5.41) is 19.7. The Morgan fingerprint density at radius 1 is 1.21 bits per heavy atom. The average molecular weight is 488 g/mol. The Labute approximate surface area is 203 Å². The van der Waals surface area contributed by atoms with Gasteiger partial charge in [0, 0.05) is 0 Å². The van der Waals surface area contributed by atoms with Gasteiger partial charge in [0.05, 0.1) is 19.2 Å². The third kappa shape index (κ3) is 6.90. The zero-order valence-corrected chi connectivity index (χ0v) is 21.8. The van der Waals surface area contributed by atoms with E-state index in [1.165, 1.54) is 4.90 Å². The predicted molar refractivity (Wildman–Crippen MR) is 134 cm³/mol. The lowest BCUT2D eigenvalue weighted by molar-refractivity contribution is 0.0512. The van der Waals surface area contributed by atoms with Gasteiger partial charge in [-0.3, -0.25) is 0 Å². The number of aryl methyl sites for hydroxylation is 1. The molecule has 3 rings (SSSR count). The molecule has 1 aliphatic heterocycles. The number of carbonyl (C=O) groups is 1. The number of carboxylic acid groups (broad SMARTS) is 1. The highest BCUT2D eigenvalue weighted by Crippen LogP contribution is 2.37.